The topological polar surface area (TPSA) is 12.5 Å². The number of fused-ring (bicyclic) bond motifs is 1. The van der Waals surface area contributed by atoms with Gasteiger partial charge in [-0.05, 0) is 42.2 Å². The first-order valence-electron chi connectivity index (χ1n) is 10.1. The highest BCUT2D eigenvalue weighted by atomic mass is 28.3. The van der Waals surface area contributed by atoms with E-state index >= 15 is 0 Å². The monoisotopic (exact) mass is 359 g/mol. The number of hydrogen-bond donors (Lipinski definition) is 0. The third-order valence-corrected chi connectivity index (χ3v) is 7.83. The van der Waals surface area contributed by atoms with Gasteiger partial charge in [-0.3, -0.25) is 4.84 Å². The first-order valence-corrected chi connectivity index (χ1v) is 13.8. The Morgan fingerprint density at radius 2 is 1.76 bits per heavy atom. The van der Waals surface area contributed by atoms with Crippen molar-refractivity contribution in [3.05, 3.63) is 35.9 Å². The molecule has 1 aromatic carbocycles. The van der Waals surface area contributed by atoms with Crippen LogP contribution in [0.4, 0.5) is 0 Å². The second kappa shape index (κ2) is 7.17. The highest BCUT2D eigenvalue weighted by Crippen LogP contribution is 2.47. The predicted octanol–water partition coefficient (Wildman–Crippen LogP) is 5.97. The summed E-state index contributed by atoms with van der Waals surface area (Å²) < 4.78 is 0. The van der Waals surface area contributed by atoms with Crippen molar-refractivity contribution in [3.63, 3.8) is 0 Å². The molecule has 1 heterocycles. The van der Waals surface area contributed by atoms with Crippen molar-refractivity contribution in [1.29, 1.82) is 0 Å². The standard InChI is InChI=1S/C22H37NOSi/c1-22(2,3)18-12-13-19-20(14-18)23(15-17-10-8-7-9-11-17)24-21(19)16-25(4,5)6/h7-11,18-21H,12-16H2,1-6H3/t18-,19-,20-,21-/m0/s1. The molecule has 0 amide bonds. The Morgan fingerprint density at radius 3 is 2.36 bits per heavy atom. The molecule has 2 nitrogen and oxygen atoms in total. The molecule has 4 atom stereocenters. The van der Waals surface area contributed by atoms with Crippen LogP contribution in [0.5, 0.6) is 0 Å². The summed E-state index contributed by atoms with van der Waals surface area (Å²) in [6.45, 7) is 15.6. The van der Waals surface area contributed by atoms with Crippen molar-refractivity contribution in [2.45, 2.75) is 84.4 Å². The molecule has 0 bridgehead atoms. The zero-order chi connectivity index (χ0) is 18.2. The van der Waals surface area contributed by atoms with Gasteiger partial charge in [0.1, 0.15) is 0 Å². The molecule has 3 heteroatoms. The molecule has 1 aromatic rings. The number of rotatable bonds is 4. The van der Waals surface area contributed by atoms with Crippen molar-refractivity contribution in [2.24, 2.45) is 17.3 Å². The van der Waals surface area contributed by atoms with Crippen LogP contribution in [0, 0.1) is 17.3 Å². The van der Waals surface area contributed by atoms with Crippen LogP contribution in [-0.2, 0) is 11.4 Å². The summed E-state index contributed by atoms with van der Waals surface area (Å²) in [6, 6.07) is 12.7. The number of nitrogens with zero attached hydrogens (tertiary/aromatic N) is 1. The minimum atomic E-state index is -1.13. The first kappa shape index (κ1) is 19.1. The maximum Gasteiger partial charge on any atom is 0.0814 e. The van der Waals surface area contributed by atoms with E-state index in [1.54, 1.807) is 0 Å². The van der Waals surface area contributed by atoms with E-state index in [0.717, 1.165) is 18.4 Å². The van der Waals surface area contributed by atoms with Crippen LogP contribution in [0.25, 0.3) is 0 Å². The SMILES string of the molecule is CC(C)(C)[C@H]1CC[C@@H]2[C@H](C[Si](C)(C)C)ON(Cc3ccccc3)[C@H]2C1. The van der Waals surface area contributed by atoms with Crippen molar-refractivity contribution in [1.82, 2.24) is 5.06 Å². The smallest absolute Gasteiger partial charge is 0.0814 e. The second-order valence-electron chi connectivity index (χ2n) is 10.6. The largest absolute Gasteiger partial charge is 0.295 e. The van der Waals surface area contributed by atoms with Gasteiger partial charge in [0.05, 0.1) is 6.10 Å². The molecule has 0 spiro atoms. The van der Waals surface area contributed by atoms with Crippen LogP contribution in [0.2, 0.25) is 25.7 Å². The molecule has 1 aliphatic heterocycles. The Morgan fingerprint density at radius 1 is 1.08 bits per heavy atom. The van der Waals surface area contributed by atoms with E-state index in [0.29, 0.717) is 17.6 Å². The summed E-state index contributed by atoms with van der Waals surface area (Å²) in [5.74, 6) is 1.54. The molecular formula is C22H37NOSi. The van der Waals surface area contributed by atoms with E-state index in [9.17, 15) is 0 Å². The maximum absolute atomic E-state index is 6.62. The summed E-state index contributed by atoms with van der Waals surface area (Å²) in [4.78, 5) is 6.62. The minimum absolute atomic E-state index is 0.403. The van der Waals surface area contributed by atoms with E-state index in [4.69, 9.17) is 4.84 Å². The fourth-order valence-corrected chi connectivity index (χ4v) is 6.35. The van der Waals surface area contributed by atoms with Gasteiger partial charge < -0.3 is 0 Å². The third kappa shape index (κ3) is 4.75. The summed E-state index contributed by atoms with van der Waals surface area (Å²) in [6.07, 6.45) is 4.45. The van der Waals surface area contributed by atoms with Gasteiger partial charge in [0, 0.05) is 26.6 Å². The second-order valence-corrected chi connectivity index (χ2v) is 16.1. The Balaban J connectivity index is 1.78. The first-order chi connectivity index (χ1) is 11.6. The van der Waals surface area contributed by atoms with E-state index in [1.807, 2.05) is 0 Å². The van der Waals surface area contributed by atoms with Crippen LogP contribution in [0.15, 0.2) is 30.3 Å². The quantitative estimate of drug-likeness (QED) is 0.614. The third-order valence-electron chi connectivity index (χ3n) is 6.21. The molecule has 2 aliphatic rings. The lowest BCUT2D eigenvalue weighted by Gasteiger charge is -2.41. The number of benzene rings is 1. The average Bonchev–Trinajstić information content (AvgIpc) is 2.83. The van der Waals surface area contributed by atoms with Gasteiger partial charge in [-0.25, -0.2) is 0 Å². The van der Waals surface area contributed by atoms with Gasteiger partial charge in [0.25, 0.3) is 0 Å². The van der Waals surface area contributed by atoms with Crippen molar-refractivity contribution in [2.75, 3.05) is 0 Å². The Kier molecular flexibility index (Phi) is 5.48. The van der Waals surface area contributed by atoms with Crippen LogP contribution in [0.1, 0.15) is 45.6 Å². The molecule has 0 radical (unpaired) electrons. The molecule has 1 saturated carbocycles. The lowest BCUT2D eigenvalue weighted by Crippen LogP contribution is -2.41. The summed E-state index contributed by atoms with van der Waals surface area (Å²) >= 11 is 0. The van der Waals surface area contributed by atoms with Gasteiger partial charge >= 0.3 is 0 Å². The van der Waals surface area contributed by atoms with Crippen molar-refractivity contribution < 1.29 is 4.84 Å². The van der Waals surface area contributed by atoms with Gasteiger partial charge in [0.15, 0.2) is 0 Å². The van der Waals surface area contributed by atoms with Gasteiger partial charge in [0.2, 0.25) is 0 Å². The Bertz CT molecular complexity index is 560. The molecule has 0 unspecified atom stereocenters. The summed E-state index contributed by atoms with van der Waals surface area (Å²) in [5.41, 5.74) is 1.77. The maximum atomic E-state index is 6.62. The van der Waals surface area contributed by atoms with Crippen LogP contribution in [0.3, 0.4) is 0 Å². The number of hydrogen-bond acceptors (Lipinski definition) is 2. The molecule has 0 N–H and O–H groups in total. The fourth-order valence-electron chi connectivity index (χ4n) is 4.76. The highest BCUT2D eigenvalue weighted by molar-refractivity contribution is 6.76. The zero-order valence-corrected chi connectivity index (χ0v) is 18.1. The lowest BCUT2D eigenvalue weighted by molar-refractivity contribution is -0.168. The molecule has 1 saturated heterocycles. The molecule has 0 aromatic heterocycles. The molecular weight excluding hydrogens is 322 g/mol. The predicted molar refractivity (Wildman–Crippen MR) is 109 cm³/mol. The van der Waals surface area contributed by atoms with Crippen LogP contribution < -0.4 is 0 Å². The van der Waals surface area contributed by atoms with Crippen molar-refractivity contribution >= 4 is 8.07 Å². The van der Waals surface area contributed by atoms with E-state index < -0.39 is 8.07 Å². The fraction of sp³-hybridized carbons (Fsp3) is 0.727. The lowest BCUT2D eigenvalue weighted by atomic mass is 9.67. The van der Waals surface area contributed by atoms with Crippen LogP contribution >= 0.6 is 0 Å². The molecule has 25 heavy (non-hydrogen) atoms. The van der Waals surface area contributed by atoms with Crippen molar-refractivity contribution in [3.8, 4) is 0 Å². The normalized spacial score (nSPS) is 31.1. The zero-order valence-electron chi connectivity index (χ0n) is 17.1. The Labute approximate surface area is 155 Å². The van der Waals surface area contributed by atoms with E-state index in [2.05, 4.69) is 75.8 Å². The van der Waals surface area contributed by atoms with Gasteiger partial charge in [-0.2, -0.15) is 5.06 Å². The molecule has 1 aliphatic carbocycles. The molecule has 3 rings (SSSR count). The molecule has 2 fully saturated rings. The minimum Gasteiger partial charge on any atom is -0.295 e. The highest BCUT2D eigenvalue weighted by Gasteiger charge is 2.48. The van der Waals surface area contributed by atoms with Crippen LogP contribution in [-0.4, -0.2) is 25.3 Å². The summed E-state index contributed by atoms with van der Waals surface area (Å²) in [5, 5.41) is 2.36. The number of hydroxylamine groups is 2. The Hall–Kier alpha value is -0.643. The average molecular weight is 360 g/mol. The summed E-state index contributed by atoms with van der Waals surface area (Å²) in [7, 11) is -1.13. The molecule has 140 valence electrons. The van der Waals surface area contributed by atoms with Gasteiger partial charge in [-0.1, -0.05) is 70.7 Å². The van der Waals surface area contributed by atoms with Gasteiger partial charge in [-0.15, -0.1) is 0 Å². The van der Waals surface area contributed by atoms with E-state index in [1.165, 1.54) is 30.9 Å². The van der Waals surface area contributed by atoms with E-state index in [-0.39, 0.29) is 0 Å².